The Bertz CT molecular complexity index is 1200. The van der Waals surface area contributed by atoms with Crippen LogP contribution in [0.2, 0.25) is 5.02 Å². The molecular formula is C24H25ClN2O5S. The number of aryl methyl sites for hydroxylation is 1. The molecule has 3 aromatic carbocycles. The molecule has 3 rings (SSSR count). The number of nitrogens with one attached hydrogen (secondary N) is 1. The molecule has 0 unspecified atom stereocenters. The van der Waals surface area contributed by atoms with Gasteiger partial charge in [-0.3, -0.25) is 9.10 Å². The second-order valence-corrected chi connectivity index (χ2v) is 9.45. The molecule has 0 aromatic heterocycles. The summed E-state index contributed by atoms with van der Waals surface area (Å²) in [4.78, 5) is 12.7. The van der Waals surface area contributed by atoms with Crippen molar-refractivity contribution in [3.63, 3.8) is 0 Å². The van der Waals surface area contributed by atoms with E-state index in [0.29, 0.717) is 22.2 Å². The van der Waals surface area contributed by atoms with E-state index in [1.165, 1.54) is 24.3 Å². The number of sulfonamides is 1. The van der Waals surface area contributed by atoms with E-state index in [4.69, 9.17) is 21.1 Å². The number of halogens is 1. The van der Waals surface area contributed by atoms with Crippen LogP contribution in [0.5, 0.6) is 11.5 Å². The van der Waals surface area contributed by atoms with E-state index in [1.807, 2.05) is 25.1 Å². The standard InChI is InChI=1S/C24H25ClN2O5S/c1-18-6-5-7-20(16-18)27(33(29,30)21-12-10-19(25)11-13-21)17-24(28)26-14-15-32-23-9-4-3-8-22(23)31-2/h3-13,16H,14-15,17H2,1-2H3,(H,26,28). The van der Waals surface area contributed by atoms with E-state index in [2.05, 4.69) is 5.32 Å². The van der Waals surface area contributed by atoms with Gasteiger partial charge in [-0.05, 0) is 61.0 Å². The molecule has 0 saturated heterocycles. The SMILES string of the molecule is COc1ccccc1OCCNC(=O)CN(c1cccc(C)c1)S(=O)(=O)c1ccc(Cl)cc1. The Labute approximate surface area is 198 Å². The summed E-state index contributed by atoms with van der Waals surface area (Å²) in [5.74, 6) is 0.683. The highest BCUT2D eigenvalue weighted by atomic mass is 35.5. The molecule has 0 fully saturated rings. The number of methoxy groups -OCH3 is 1. The fourth-order valence-corrected chi connectivity index (χ4v) is 4.65. The molecule has 174 valence electrons. The summed E-state index contributed by atoms with van der Waals surface area (Å²) in [7, 11) is -2.45. The van der Waals surface area contributed by atoms with Gasteiger partial charge in [0.2, 0.25) is 5.91 Å². The Kier molecular flexibility index (Phi) is 8.19. The first-order valence-electron chi connectivity index (χ1n) is 10.2. The van der Waals surface area contributed by atoms with E-state index in [9.17, 15) is 13.2 Å². The van der Waals surface area contributed by atoms with Gasteiger partial charge in [0.05, 0.1) is 24.2 Å². The summed E-state index contributed by atoms with van der Waals surface area (Å²) < 4.78 is 38.6. The summed E-state index contributed by atoms with van der Waals surface area (Å²) in [6.07, 6.45) is 0. The molecule has 0 aliphatic rings. The number of hydrogen-bond acceptors (Lipinski definition) is 5. The summed E-state index contributed by atoms with van der Waals surface area (Å²) in [5.41, 5.74) is 1.26. The van der Waals surface area contributed by atoms with Crippen molar-refractivity contribution in [2.24, 2.45) is 0 Å². The summed E-state index contributed by atoms with van der Waals surface area (Å²) in [6, 6.07) is 20.0. The molecule has 0 aliphatic heterocycles. The second-order valence-electron chi connectivity index (χ2n) is 7.15. The van der Waals surface area contributed by atoms with Crippen LogP contribution < -0.4 is 19.1 Å². The zero-order valence-corrected chi connectivity index (χ0v) is 19.9. The van der Waals surface area contributed by atoms with Crippen LogP contribution in [-0.2, 0) is 14.8 Å². The van der Waals surface area contributed by atoms with Crippen molar-refractivity contribution in [3.05, 3.63) is 83.4 Å². The lowest BCUT2D eigenvalue weighted by Gasteiger charge is -2.24. The summed E-state index contributed by atoms with van der Waals surface area (Å²) >= 11 is 5.91. The molecular weight excluding hydrogens is 464 g/mol. The number of ether oxygens (including phenoxy) is 2. The van der Waals surface area contributed by atoms with Crippen LogP contribution >= 0.6 is 11.6 Å². The molecule has 7 nitrogen and oxygen atoms in total. The van der Waals surface area contributed by atoms with Gasteiger partial charge in [0.1, 0.15) is 13.2 Å². The average Bonchev–Trinajstić information content (AvgIpc) is 2.80. The minimum atomic E-state index is -4.00. The van der Waals surface area contributed by atoms with Crippen molar-refractivity contribution < 1.29 is 22.7 Å². The van der Waals surface area contributed by atoms with Crippen LogP contribution in [0.15, 0.2) is 77.7 Å². The van der Waals surface area contributed by atoms with Crippen molar-refractivity contribution in [2.75, 3.05) is 31.1 Å². The molecule has 0 radical (unpaired) electrons. The van der Waals surface area contributed by atoms with Gasteiger partial charge in [-0.2, -0.15) is 0 Å². The first-order chi connectivity index (χ1) is 15.8. The summed E-state index contributed by atoms with van der Waals surface area (Å²) in [6.45, 7) is 1.86. The molecule has 33 heavy (non-hydrogen) atoms. The zero-order valence-electron chi connectivity index (χ0n) is 18.3. The van der Waals surface area contributed by atoms with Gasteiger partial charge in [0, 0.05) is 5.02 Å². The van der Waals surface area contributed by atoms with Crippen molar-refractivity contribution in [2.45, 2.75) is 11.8 Å². The van der Waals surface area contributed by atoms with Crippen LogP contribution in [0.3, 0.4) is 0 Å². The predicted molar refractivity (Wildman–Crippen MR) is 129 cm³/mol. The van der Waals surface area contributed by atoms with Crippen LogP contribution in [-0.4, -0.2) is 41.1 Å². The van der Waals surface area contributed by atoms with E-state index in [0.717, 1.165) is 9.87 Å². The van der Waals surface area contributed by atoms with E-state index in [-0.39, 0.29) is 24.6 Å². The average molecular weight is 489 g/mol. The highest BCUT2D eigenvalue weighted by Gasteiger charge is 2.27. The van der Waals surface area contributed by atoms with Gasteiger partial charge in [-0.1, -0.05) is 35.9 Å². The maximum absolute atomic E-state index is 13.3. The molecule has 9 heteroatoms. The normalized spacial score (nSPS) is 11.0. The van der Waals surface area contributed by atoms with E-state index < -0.39 is 15.9 Å². The third kappa shape index (κ3) is 6.40. The number of anilines is 1. The number of amides is 1. The van der Waals surface area contributed by atoms with Gasteiger partial charge in [-0.15, -0.1) is 0 Å². The van der Waals surface area contributed by atoms with Gasteiger partial charge in [0.25, 0.3) is 10.0 Å². The van der Waals surface area contributed by atoms with Gasteiger partial charge in [0.15, 0.2) is 11.5 Å². The lowest BCUT2D eigenvalue weighted by molar-refractivity contribution is -0.119. The Balaban J connectivity index is 1.71. The first-order valence-corrected chi connectivity index (χ1v) is 12.0. The molecule has 3 aromatic rings. The number of carbonyl (C=O) groups excluding carboxylic acids is 1. The lowest BCUT2D eigenvalue weighted by Crippen LogP contribution is -2.42. The third-order valence-corrected chi connectivity index (χ3v) is 6.77. The van der Waals surface area contributed by atoms with Gasteiger partial charge in [-0.25, -0.2) is 8.42 Å². The number of carbonyl (C=O) groups is 1. The largest absolute Gasteiger partial charge is 0.493 e. The molecule has 0 spiro atoms. The Morgan fingerprint density at radius 1 is 1.00 bits per heavy atom. The molecule has 0 heterocycles. The number of rotatable bonds is 10. The zero-order chi connectivity index (χ0) is 23.8. The van der Waals surface area contributed by atoms with Gasteiger partial charge >= 0.3 is 0 Å². The lowest BCUT2D eigenvalue weighted by atomic mass is 10.2. The molecule has 0 saturated carbocycles. The van der Waals surface area contributed by atoms with Crippen molar-refractivity contribution in [1.82, 2.24) is 5.32 Å². The van der Waals surface area contributed by atoms with Crippen molar-refractivity contribution in [3.8, 4) is 11.5 Å². The van der Waals surface area contributed by atoms with Crippen LogP contribution in [0.1, 0.15) is 5.56 Å². The third-order valence-electron chi connectivity index (χ3n) is 4.73. The van der Waals surface area contributed by atoms with Crippen LogP contribution in [0.25, 0.3) is 0 Å². The quantitative estimate of drug-likeness (QED) is 0.435. The summed E-state index contributed by atoms with van der Waals surface area (Å²) in [5, 5.41) is 3.13. The Hall–Kier alpha value is -3.23. The Morgan fingerprint density at radius 3 is 2.36 bits per heavy atom. The Morgan fingerprint density at radius 2 is 1.70 bits per heavy atom. The highest BCUT2D eigenvalue weighted by Crippen LogP contribution is 2.26. The van der Waals surface area contributed by atoms with Crippen LogP contribution in [0.4, 0.5) is 5.69 Å². The van der Waals surface area contributed by atoms with Gasteiger partial charge < -0.3 is 14.8 Å². The van der Waals surface area contributed by atoms with Crippen molar-refractivity contribution >= 4 is 33.2 Å². The van der Waals surface area contributed by atoms with Crippen molar-refractivity contribution in [1.29, 1.82) is 0 Å². The number of nitrogens with zero attached hydrogens (tertiary/aromatic N) is 1. The molecule has 1 N–H and O–H groups in total. The molecule has 0 aliphatic carbocycles. The fourth-order valence-electron chi connectivity index (χ4n) is 3.11. The van der Waals surface area contributed by atoms with Crippen LogP contribution in [0, 0.1) is 6.92 Å². The highest BCUT2D eigenvalue weighted by molar-refractivity contribution is 7.92. The first kappa shape index (κ1) is 24.4. The van der Waals surface area contributed by atoms with E-state index in [1.54, 1.807) is 37.4 Å². The smallest absolute Gasteiger partial charge is 0.264 e. The van der Waals surface area contributed by atoms with E-state index >= 15 is 0 Å². The minimum Gasteiger partial charge on any atom is -0.493 e. The maximum Gasteiger partial charge on any atom is 0.264 e. The maximum atomic E-state index is 13.3. The molecule has 0 atom stereocenters. The minimum absolute atomic E-state index is 0.0423. The second kappa shape index (κ2) is 11.1. The molecule has 0 bridgehead atoms. The number of hydrogen-bond donors (Lipinski definition) is 1. The predicted octanol–water partition coefficient (Wildman–Crippen LogP) is 4.05. The number of benzene rings is 3. The topological polar surface area (TPSA) is 84.9 Å². The fraction of sp³-hybridized carbons (Fsp3) is 0.208. The monoisotopic (exact) mass is 488 g/mol. The number of para-hydroxylation sites is 2. The molecule has 1 amide bonds.